The van der Waals surface area contributed by atoms with E-state index in [0.29, 0.717) is 87.4 Å². The molecule has 4 aliphatic rings. The number of aromatic amines is 1. The monoisotopic (exact) mass is 1820 g/mol. The molecule has 2 saturated carbocycles. The zero-order valence-corrected chi connectivity index (χ0v) is 74.8. The number of carbonyl (C=O) groups is 7. The number of rotatable bonds is 30. The normalized spacial score (nSPS) is 20.3. The molecular weight excluding hydrogens is 1700 g/mol. The van der Waals surface area contributed by atoms with E-state index in [-0.39, 0.29) is 87.0 Å². The Morgan fingerprint density at radius 3 is 1.70 bits per heavy atom. The van der Waals surface area contributed by atoms with Crippen molar-refractivity contribution in [2.24, 2.45) is 28.4 Å². The molecule has 662 valence electrons. The Labute approximate surface area is 729 Å². The number of thiazole rings is 2. The van der Waals surface area contributed by atoms with E-state index in [4.69, 9.17) is 69.4 Å². The Kier molecular flexibility index (Phi) is 33.7. The summed E-state index contributed by atoms with van der Waals surface area (Å²) in [4.78, 5) is 126. The number of nitrogens with two attached hydrogens (primary N) is 1. The van der Waals surface area contributed by atoms with Crippen molar-refractivity contribution in [2.45, 2.75) is 201 Å². The van der Waals surface area contributed by atoms with Gasteiger partial charge in [-0.15, -0.1) is 35.8 Å². The van der Waals surface area contributed by atoms with Gasteiger partial charge in [0.05, 0.1) is 79.1 Å². The summed E-state index contributed by atoms with van der Waals surface area (Å²) in [7, 11) is 1.42. The Balaban J connectivity index is 0.000000261. The summed E-state index contributed by atoms with van der Waals surface area (Å²) < 4.78 is 75.9. The van der Waals surface area contributed by atoms with Crippen LogP contribution in [0.1, 0.15) is 131 Å². The standard InChI is InChI=1S/C36H47ClN6O7S.C29H40BrN3O9S.C18H21N3O3S.2CH4/c1-9-20-16-36(20,33(46)48-8)42-31(44)25-14-21(17-43(25)32(45)30(38)35(4,5)6)50-27-15-23(24-18-51-34(41-24)39-19(2)3)40-29-22(27)10-11-26(28(29)37)49-13-12-47-7;1-9-17-15-29(17,25(36)40-8)32-23(34)21-14-19(42-43(38,39)20-12-10-18(30)11-13-20)16-33(21)24(35)22(27(2,3)4)31-26(37)41-28(5,6)7;1-11(2)19-18-21-16(10-25-18)15-9-17(22)13-5-4-12(8-14(13)20-15)24-7-6-23-3;;/h9-11,15,18-21,25,30H,1,12-14,16-17,38H2,2-8H3,(H,39,41)(H,42,44);9-13,17,19,21-22H,1,14-16H2,2-8H3,(H,31,37)(H,32,34);4-5,8-11H,6-7H2,1-3H3,(H,19,21)(H,20,22);2*1H4/t20-,21-,25+,30-,36-;17-,19+,21+,22-,29-;;;/m11.../s1. The quantitative estimate of drug-likeness (QED) is 0.00723. The fourth-order valence-corrected chi connectivity index (χ4v) is 16.7. The van der Waals surface area contributed by atoms with E-state index in [1.165, 1.54) is 64.9 Å². The van der Waals surface area contributed by atoms with Crippen LogP contribution in [0.15, 0.2) is 117 Å². The highest BCUT2D eigenvalue weighted by atomic mass is 79.9. The number of nitrogens with zero attached hydrogens (tertiary/aromatic N) is 5. The number of H-pyrrole nitrogens is 1. The molecule has 4 fully saturated rings. The second-order valence-electron chi connectivity index (χ2n) is 33.0. The summed E-state index contributed by atoms with van der Waals surface area (Å²) in [5, 5.41) is 21.7. The van der Waals surface area contributed by atoms with Gasteiger partial charge in [0.2, 0.25) is 23.6 Å². The van der Waals surface area contributed by atoms with Gasteiger partial charge in [0.15, 0.2) is 15.7 Å². The van der Waals surface area contributed by atoms with Crippen molar-refractivity contribution in [1.82, 2.24) is 45.7 Å². The average molecular weight is 1820 g/mol. The van der Waals surface area contributed by atoms with Crippen LogP contribution in [0.2, 0.25) is 5.02 Å². The first kappa shape index (κ1) is 98.8. The van der Waals surface area contributed by atoms with Crippen LogP contribution >= 0.6 is 50.2 Å². The van der Waals surface area contributed by atoms with Gasteiger partial charge in [0.25, 0.3) is 10.1 Å². The minimum absolute atomic E-state index is 0. The summed E-state index contributed by atoms with van der Waals surface area (Å²) in [5.41, 5.74) is 5.30. The largest absolute Gasteiger partial charge is 0.491 e. The molecule has 4 aromatic heterocycles. The van der Waals surface area contributed by atoms with Crippen LogP contribution in [0.4, 0.5) is 15.1 Å². The number of pyridine rings is 2. The summed E-state index contributed by atoms with van der Waals surface area (Å²) in [5.74, 6) is -2.58. The number of benzene rings is 3. The average Bonchev–Trinajstić information content (AvgIpc) is 1.58. The minimum Gasteiger partial charge on any atom is -0.491 e. The lowest BCUT2D eigenvalue weighted by atomic mass is 9.85. The molecule has 6 heterocycles. The minimum atomic E-state index is -4.27. The number of amides is 5. The molecule has 0 radical (unpaired) electrons. The molecule has 36 heteroatoms. The molecule has 11 rings (SSSR count). The van der Waals surface area contributed by atoms with Crippen molar-refractivity contribution < 1.29 is 84.1 Å². The molecule has 10 atom stereocenters. The SMILES string of the molecule is C.C.C=C[C@@H]1C[C@]1(NC(=O)[C@@H]1C[C@@H](Oc2cc(-c3csc(NC(C)C)n3)nc3c(Cl)c(OCCOC)ccc23)CN1C(=O)[C@@H](N)C(C)(C)C)C(=O)OC.C=C[C@@H]1C[C@]1(NC(=O)[C@@H]1C[C@H](OS(=O)(=O)c2ccc(Br)cc2)CN1C(=O)[C@@H](NC(=O)OC(C)(C)C)C(C)(C)C)C(=O)OC.COCCOc1ccc2c(=O)cc(-c3csc(NC(C)C)n3)[nH]c2c1. The second-order valence-corrected chi connectivity index (χ2v) is 37.6. The van der Waals surface area contributed by atoms with Crippen LogP contribution in [0.5, 0.6) is 17.2 Å². The number of likely N-dealkylation sites (tertiary alicyclic amines) is 2. The topological polar surface area (TPSA) is 401 Å². The number of esters is 2. The molecule has 7 aromatic rings. The number of hydrogen-bond acceptors (Lipinski definition) is 27. The van der Waals surface area contributed by atoms with Crippen molar-refractivity contribution in [3.05, 3.63) is 123 Å². The molecule has 2 saturated heterocycles. The van der Waals surface area contributed by atoms with E-state index in [1.54, 1.807) is 104 Å². The fourth-order valence-electron chi connectivity index (χ4n) is 13.4. The maximum atomic E-state index is 14.1. The van der Waals surface area contributed by atoms with Gasteiger partial charge >= 0.3 is 18.0 Å². The van der Waals surface area contributed by atoms with E-state index in [1.807, 2.05) is 57.5 Å². The number of anilines is 2. The van der Waals surface area contributed by atoms with E-state index < -0.39 is 116 Å². The number of ether oxygens (including phenoxy) is 8. The molecule has 8 N–H and O–H groups in total. The lowest BCUT2D eigenvalue weighted by Gasteiger charge is -2.36. The molecule has 0 unspecified atom stereocenters. The molecule has 2 aliphatic carbocycles. The smallest absolute Gasteiger partial charge is 0.408 e. The number of alkyl carbamates (subject to hydrolysis) is 1. The van der Waals surface area contributed by atoms with Gasteiger partial charge < -0.3 is 85.0 Å². The first-order chi connectivity index (χ1) is 55.9. The van der Waals surface area contributed by atoms with E-state index in [9.17, 15) is 46.8 Å². The van der Waals surface area contributed by atoms with Crippen molar-refractivity contribution >= 4 is 134 Å². The maximum Gasteiger partial charge on any atom is 0.408 e. The summed E-state index contributed by atoms with van der Waals surface area (Å²) in [6.45, 7) is 32.9. The molecule has 2 aliphatic heterocycles. The predicted molar refractivity (Wildman–Crippen MR) is 473 cm³/mol. The van der Waals surface area contributed by atoms with Crippen molar-refractivity contribution in [3.63, 3.8) is 0 Å². The highest BCUT2D eigenvalue weighted by molar-refractivity contribution is 9.10. The van der Waals surface area contributed by atoms with Crippen molar-refractivity contribution in [1.29, 1.82) is 0 Å². The Morgan fingerprint density at radius 2 is 1.19 bits per heavy atom. The van der Waals surface area contributed by atoms with Gasteiger partial charge in [0.1, 0.15) is 82.1 Å². The van der Waals surface area contributed by atoms with E-state index in [2.05, 4.69) is 79.5 Å². The molecule has 5 amide bonds. The highest BCUT2D eigenvalue weighted by Gasteiger charge is 2.63. The molecule has 0 spiro atoms. The number of halogens is 2. The van der Waals surface area contributed by atoms with Crippen LogP contribution in [0, 0.1) is 22.7 Å². The lowest BCUT2D eigenvalue weighted by Crippen LogP contribution is -2.59. The summed E-state index contributed by atoms with van der Waals surface area (Å²) in [6.07, 6.45) is 1.15. The second kappa shape index (κ2) is 41.2. The summed E-state index contributed by atoms with van der Waals surface area (Å²) in [6, 6.07) is 14.4. The van der Waals surface area contributed by atoms with Crippen molar-refractivity contribution in [3.8, 4) is 40.0 Å². The maximum absolute atomic E-state index is 14.1. The third-order valence-corrected chi connectivity index (χ3v) is 23.7. The lowest BCUT2D eigenvalue weighted by molar-refractivity contribution is -0.148. The zero-order chi connectivity index (χ0) is 87.6. The first-order valence-corrected chi connectivity index (χ1v) is 43.0. The third kappa shape index (κ3) is 24.6. The van der Waals surface area contributed by atoms with Gasteiger partial charge in [-0.2, -0.15) is 8.42 Å². The van der Waals surface area contributed by atoms with Crippen LogP contribution < -0.4 is 52.0 Å². The number of carbonyl (C=O) groups excluding carboxylic acids is 7. The molecular formula is C85H116BrClN12O19S3. The van der Waals surface area contributed by atoms with Crippen LogP contribution in [-0.4, -0.2) is 213 Å². The number of methoxy groups -OCH3 is 4. The zero-order valence-electron chi connectivity index (χ0n) is 70.0. The van der Waals surface area contributed by atoms with E-state index >= 15 is 0 Å². The van der Waals surface area contributed by atoms with E-state index in [0.717, 1.165) is 21.5 Å². The highest BCUT2D eigenvalue weighted by Crippen LogP contribution is 2.48. The van der Waals surface area contributed by atoms with Gasteiger partial charge in [-0.05, 0) is 121 Å². The van der Waals surface area contributed by atoms with Gasteiger partial charge in [-0.25, -0.2) is 29.3 Å². The van der Waals surface area contributed by atoms with Crippen LogP contribution in [-0.2, 0) is 66.8 Å². The molecule has 121 heavy (non-hydrogen) atoms. The molecule has 3 aromatic carbocycles. The van der Waals surface area contributed by atoms with Gasteiger partial charge in [0, 0.05) is 102 Å². The van der Waals surface area contributed by atoms with Crippen LogP contribution in [0.3, 0.4) is 0 Å². The first-order valence-electron chi connectivity index (χ1n) is 38.7. The fraction of sp³-hybridized carbons (Fsp3) is 0.518. The van der Waals surface area contributed by atoms with Crippen molar-refractivity contribution in [2.75, 3.05) is 78.6 Å². The number of aromatic nitrogens is 4. The van der Waals surface area contributed by atoms with Gasteiger partial charge in [-0.1, -0.05) is 96.1 Å². The third-order valence-electron chi connectivity index (χ3n) is 19.8. The number of hydrogen-bond donors (Lipinski definition) is 7. The number of fused-ring (bicyclic) bond motifs is 2. The van der Waals surface area contributed by atoms with Gasteiger partial charge in [-0.3, -0.25) is 28.2 Å². The molecule has 31 nitrogen and oxygen atoms in total. The Morgan fingerprint density at radius 1 is 0.669 bits per heavy atom. The Bertz CT molecular complexity index is 5050. The van der Waals surface area contributed by atoms with Crippen LogP contribution in [0.25, 0.3) is 44.6 Å². The predicted octanol–water partition coefficient (Wildman–Crippen LogP) is 12.9. The number of nitrogens with one attached hydrogen (secondary N) is 6. The Hall–Kier alpha value is -9.33. The molecule has 0 bridgehead atoms. The summed E-state index contributed by atoms with van der Waals surface area (Å²) >= 11 is 13.1.